The largest absolute Gasteiger partial charge is 0.493 e. The number of carbonyl (C=O) groups is 2. The first-order chi connectivity index (χ1) is 14.6. The van der Waals surface area contributed by atoms with Gasteiger partial charge in [-0.15, -0.1) is 0 Å². The van der Waals surface area contributed by atoms with Gasteiger partial charge in [-0.1, -0.05) is 36.4 Å². The number of hydrogen-bond donors (Lipinski definition) is 3. The predicted molar refractivity (Wildman–Crippen MR) is 122 cm³/mol. The van der Waals surface area contributed by atoms with E-state index in [1.54, 1.807) is 48.5 Å². The lowest BCUT2D eigenvalue weighted by atomic mass is 10.2. The van der Waals surface area contributed by atoms with Gasteiger partial charge in [0.2, 0.25) is 0 Å². The van der Waals surface area contributed by atoms with Crippen LogP contribution in [0, 0.1) is 0 Å². The monoisotopic (exact) mass is 419 g/mol. The molecule has 0 aromatic heterocycles. The molecule has 152 valence electrons. The quantitative estimate of drug-likeness (QED) is 0.514. The third kappa shape index (κ3) is 5.65. The molecule has 3 aromatic carbocycles. The summed E-state index contributed by atoms with van der Waals surface area (Å²) in [6, 6.07) is 23.0. The average Bonchev–Trinajstić information content (AvgIpc) is 2.75. The van der Waals surface area contributed by atoms with E-state index < -0.39 is 0 Å². The highest BCUT2D eigenvalue weighted by molar-refractivity contribution is 7.80. The van der Waals surface area contributed by atoms with Crippen LogP contribution in [0.25, 0.3) is 0 Å². The third-order valence-electron chi connectivity index (χ3n) is 4.07. The zero-order valence-corrected chi connectivity index (χ0v) is 17.2. The van der Waals surface area contributed by atoms with Crippen molar-refractivity contribution in [2.24, 2.45) is 0 Å². The fraction of sp³-hybridized carbons (Fsp3) is 0.0870. The number of rotatable bonds is 6. The number of anilines is 2. The normalized spacial score (nSPS) is 10.0. The van der Waals surface area contributed by atoms with Crippen molar-refractivity contribution in [2.45, 2.75) is 6.92 Å². The van der Waals surface area contributed by atoms with E-state index in [4.69, 9.17) is 17.0 Å². The number of para-hydroxylation sites is 2. The summed E-state index contributed by atoms with van der Waals surface area (Å²) in [6.45, 7) is 2.30. The van der Waals surface area contributed by atoms with Crippen LogP contribution in [0.3, 0.4) is 0 Å². The summed E-state index contributed by atoms with van der Waals surface area (Å²) < 4.78 is 5.48. The Hall–Kier alpha value is -3.71. The molecule has 0 spiro atoms. The Morgan fingerprint density at radius 2 is 1.53 bits per heavy atom. The molecule has 3 aromatic rings. The summed E-state index contributed by atoms with van der Waals surface area (Å²) in [5.41, 5.74) is 2.13. The van der Waals surface area contributed by atoms with Gasteiger partial charge >= 0.3 is 0 Å². The summed E-state index contributed by atoms with van der Waals surface area (Å²) in [7, 11) is 0. The maximum atomic E-state index is 12.5. The Labute approximate surface area is 180 Å². The highest BCUT2D eigenvalue weighted by Gasteiger charge is 2.14. The highest BCUT2D eigenvalue weighted by Crippen LogP contribution is 2.18. The maximum absolute atomic E-state index is 12.5. The second-order valence-electron chi connectivity index (χ2n) is 6.24. The van der Waals surface area contributed by atoms with Crippen molar-refractivity contribution in [3.8, 4) is 5.75 Å². The minimum atomic E-state index is -0.380. The van der Waals surface area contributed by atoms with Crippen LogP contribution in [0.4, 0.5) is 11.4 Å². The molecule has 0 heterocycles. The van der Waals surface area contributed by atoms with E-state index in [0.717, 1.165) is 0 Å². The van der Waals surface area contributed by atoms with E-state index in [9.17, 15) is 9.59 Å². The second kappa shape index (κ2) is 10.2. The van der Waals surface area contributed by atoms with Gasteiger partial charge in [-0.05, 0) is 61.6 Å². The Bertz CT molecular complexity index is 1050. The molecule has 0 unspecified atom stereocenters. The first-order valence-electron chi connectivity index (χ1n) is 9.37. The lowest BCUT2D eigenvalue weighted by Crippen LogP contribution is -2.34. The van der Waals surface area contributed by atoms with Gasteiger partial charge in [0, 0.05) is 16.9 Å². The first-order valence-corrected chi connectivity index (χ1v) is 9.78. The van der Waals surface area contributed by atoms with E-state index in [1.807, 2.05) is 37.3 Å². The Balaban J connectivity index is 1.64. The minimum Gasteiger partial charge on any atom is -0.493 e. The number of hydrogen-bond acceptors (Lipinski definition) is 4. The zero-order chi connectivity index (χ0) is 21.3. The molecule has 0 saturated heterocycles. The smallest absolute Gasteiger partial charge is 0.261 e. The van der Waals surface area contributed by atoms with Crippen molar-refractivity contribution in [3.05, 3.63) is 90.0 Å². The van der Waals surface area contributed by atoms with E-state index in [-0.39, 0.29) is 16.9 Å². The van der Waals surface area contributed by atoms with Gasteiger partial charge in [0.05, 0.1) is 12.2 Å². The molecule has 0 saturated carbocycles. The molecule has 0 aliphatic heterocycles. The van der Waals surface area contributed by atoms with Crippen molar-refractivity contribution in [3.63, 3.8) is 0 Å². The zero-order valence-electron chi connectivity index (χ0n) is 16.3. The standard InChI is InChI=1S/C23H21N3O3S/c1-2-29-20-14-7-6-13-19(20)22(28)26-23(30)25-18-12-8-9-16(15-18)21(27)24-17-10-4-3-5-11-17/h3-15H,2H2,1H3,(H,24,27)(H2,25,26,28,30). The first kappa shape index (κ1) is 21.0. The molecule has 2 amide bonds. The number of thiocarbonyl (C=S) groups is 1. The predicted octanol–water partition coefficient (Wildman–Crippen LogP) is 4.46. The van der Waals surface area contributed by atoms with Crippen LogP contribution in [0.2, 0.25) is 0 Å². The minimum absolute atomic E-state index is 0.118. The number of benzene rings is 3. The van der Waals surface area contributed by atoms with E-state index >= 15 is 0 Å². The number of nitrogens with one attached hydrogen (secondary N) is 3. The number of amides is 2. The maximum Gasteiger partial charge on any atom is 0.261 e. The van der Waals surface area contributed by atoms with Crippen molar-refractivity contribution < 1.29 is 14.3 Å². The molecule has 30 heavy (non-hydrogen) atoms. The van der Waals surface area contributed by atoms with E-state index in [2.05, 4.69) is 16.0 Å². The van der Waals surface area contributed by atoms with Crippen LogP contribution < -0.4 is 20.7 Å². The van der Waals surface area contributed by atoms with Gasteiger partial charge in [-0.25, -0.2) is 0 Å². The highest BCUT2D eigenvalue weighted by atomic mass is 32.1. The summed E-state index contributed by atoms with van der Waals surface area (Å²) in [6.07, 6.45) is 0. The summed E-state index contributed by atoms with van der Waals surface area (Å²) in [5.74, 6) is -0.139. The molecule has 7 heteroatoms. The number of carbonyl (C=O) groups excluding carboxylic acids is 2. The van der Waals surface area contributed by atoms with Gasteiger partial charge in [-0.3, -0.25) is 14.9 Å². The van der Waals surface area contributed by atoms with Crippen LogP contribution in [-0.2, 0) is 0 Å². The lowest BCUT2D eigenvalue weighted by Gasteiger charge is -2.13. The fourth-order valence-electron chi connectivity index (χ4n) is 2.73. The summed E-state index contributed by atoms with van der Waals surface area (Å²) >= 11 is 5.25. The SMILES string of the molecule is CCOc1ccccc1C(=O)NC(=S)Nc1cccc(C(=O)Nc2ccccc2)c1. The Kier molecular flexibility index (Phi) is 7.13. The Morgan fingerprint density at radius 1 is 0.833 bits per heavy atom. The van der Waals surface area contributed by atoms with Gasteiger partial charge < -0.3 is 15.4 Å². The van der Waals surface area contributed by atoms with Gasteiger partial charge in [0.15, 0.2) is 5.11 Å². The van der Waals surface area contributed by atoms with Crippen molar-refractivity contribution in [1.82, 2.24) is 5.32 Å². The second-order valence-corrected chi connectivity index (χ2v) is 6.65. The third-order valence-corrected chi connectivity index (χ3v) is 4.28. The lowest BCUT2D eigenvalue weighted by molar-refractivity contribution is 0.0972. The van der Waals surface area contributed by atoms with Crippen molar-refractivity contribution in [2.75, 3.05) is 17.2 Å². The average molecular weight is 420 g/mol. The molecule has 0 aliphatic rings. The van der Waals surface area contributed by atoms with E-state index in [0.29, 0.717) is 34.9 Å². The Morgan fingerprint density at radius 3 is 2.30 bits per heavy atom. The molecule has 3 rings (SSSR count). The van der Waals surface area contributed by atoms with Crippen molar-refractivity contribution >= 4 is 40.5 Å². The molecule has 0 fully saturated rings. The number of ether oxygens (including phenoxy) is 1. The molecule has 0 radical (unpaired) electrons. The van der Waals surface area contributed by atoms with Gasteiger partial charge in [-0.2, -0.15) is 0 Å². The van der Waals surface area contributed by atoms with Crippen LogP contribution in [0.5, 0.6) is 5.75 Å². The molecule has 0 aliphatic carbocycles. The van der Waals surface area contributed by atoms with Gasteiger partial charge in [0.25, 0.3) is 11.8 Å². The van der Waals surface area contributed by atoms with Crippen LogP contribution in [-0.4, -0.2) is 23.5 Å². The van der Waals surface area contributed by atoms with Crippen molar-refractivity contribution in [1.29, 1.82) is 0 Å². The van der Waals surface area contributed by atoms with Crippen LogP contribution >= 0.6 is 12.2 Å². The molecular weight excluding hydrogens is 398 g/mol. The molecule has 0 bridgehead atoms. The topological polar surface area (TPSA) is 79.5 Å². The molecule has 0 atom stereocenters. The molecular formula is C23H21N3O3S. The van der Waals surface area contributed by atoms with Crippen LogP contribution in [0.1, 0.15) is 27.6 Å². The summed E-state index contributed by atoms with van der Waals surface area (Å²) in [5, 5.41) is 8.51. The fourth-order valence-corrected chi connectivity index (χ4v) is 2.94. The van der Waals surface area contributed by atoms with E-state index in [1.165, 1.54) is 0 Å². The van der Waals surface area contributed by atoms with Crippen LogP contribution in [0.15, 0.2) is 78.9 Å². The summed E-state index contributed by atoms with van der Waals surface area (Å²) in [4.78, 5) is 25.0. The molecule has 3 N–H and O–H groups in total. The molecule has 6 nitrogen and oxygen atoms in total. The van der Waals surface area contributed by atoms with Gasteiger partial charge in [0.1, 0.15) is 5.75 Å².